The van der Waals surface area contributed by atoms with Crippen LogP contribution in [-0.4, -0.2) is 103 Å². The molecular weight excluding hydrogens is 571 g/mol. The molecule has 1 aromatic heterocycles. The van der Waals surface area contributed by atoms with Crippen LogP contribution in [0, 0.1) is 26.6 Å². The number of nitrogens with zero attached hydrogens (tertiary/aromatic N) is 5. The van der Waals surface area contributed by atoms with Gasteiger partial charge < -0.3 is 19.9 Å². The summed E-state index contributed by atoms with van der Waals surface area (Å²) in [5.41, 5.74) is 2.79. The van der Waals surface area contributed by atoms with Gasteiger partial charge in [0.15, 0.2) is 0 Å². The van der Waals surface area contributed by atoms with Crippen LogP contribution in [0.15, 0.2) is 18.2 Å². The summed E-state index contributed by atoms with van der Waals surface area (Å²) in [4.78, 5) is 27.1. The van der Waals surface area contributed by atoms with Crippen LogP contribution in [-0.2, 0) is 14.8 Å². The van der Waals surface area contributed by atoms with E-state index in [0.29, 0.717) is 48.6 Å². The molecule has 1 aromatic carbocycles. The number of aromatic nitrogens is 2. The van der Waals surface area contributed by atoms with Crippen LogP contribution in [0.5, 0.6) is 0 Å². The number of hydrogen-bond acceptors (Lipinski definition) is 8. The van der Waals surface area contributed by atoms with Crippen molar-refractivity contribution in [3.05, 3.63) is 52.2 Å². The number of hydrogen-bond donors (Lipinski definition) is 1. The summed E-state index contributed by atoms with van der Waals surface area (Å²) < 4.78 is 45.3. The first-order valence-corrected chi connectivity index (χ1v) is 17.2. The Morgan fingerprint density at radius 3 is 2.40 bits per heavy atom. The van der Waals surface area contributed by atoms with Crippen molar-refractivity contribution in [2.75, 3.05) is 51.3 Å². The molecule has 0 unspecified atom stereocenters. The monoisotopic (exact) mass is 616 g/mol. The Morgan fingerprint density at radius 2 is 1.74 bits per heavy atom. The van der Waals surface area contributed by atoms with Crippen LogP contribution >= 0.6 is 0 Å². The third kappa shape index (κ3) is 7.35. The van der Waals surface area contributed by atoms with E-state index in [9.17, 15) is 17.6 Å². The Balaban J connectivity index is 1.14. The second-order valence-electron chi connectivity index (χ2n) is 12.4. The predicted molar refractivity (Wildman–Crippen MR) is 164 cm³/mol. The molecule has 0 spiro atoms. The second kappa shape index (κ2) is 13.1. The van der Waals surface area contributed by atoms with Gasteiger partial charge in [-0.05, 0) is 89.6 Å². The number of halogens is 1. The molecule has 3 fully saturated rings. The number of sulfonamides is 1. The van der Waals surface area contributed by atoms with E-state index in [-0.39, 0.29) is 30.0 Å². The number of amides is 1. The Labute approximate surface area is 255 Å². The van der Waals surface area contributed by atoms with E-state index in [0.717, 1.165) is 62.7 Å². The smallest absolute Gasteiger partial charge is 0.272 e. The van der Waals surface area contributed by atoms with Gasteiger partial charge in [-0.15, -0.1) is 0 Å². The molecule has 1 amide bonds. The van der Waals surface area contributed by atoms with E-state index in [4.69, 9.17) is 4.74 Å². The first-order valence-electron chi connectivity index (χ1n) is 15.4. The largest absolute Gasteiger partial charge is 0.368 e. The maximum atomic E-state index is 13.7. The number of likely N-dealkylation sites (tertiary alicyclic amines) is 2. The maximum absolute atomic E-state index is 13.7. The summed E-state index contributed by atoms with van der Waals surface area (Å²) >= 11 is 0. The van der Waals surface area contributed by atoms with Crippen molar-refractivity contribution in [3.63, 3.8) is 0 Å². The highest BCUT2D eigenvalue weighted by atomic mass is 32.2. The summed E-state index contributed by atoms with van der Waals surface area (Å²) in [6.07, 6.45) is 6.38. The molecule has 2 atom stereocenters. The first-order chi connectivity index (χ1) is 20.4. The number of ether oxygens (including phenoxy) is 1. The average molecular weight is 617 g/mol. The number of carbonyl (C=O) groups excluding carboxylic acids is 1. The molecule has 2 aromatic rings. The molecule has 0 bridgehead atoms. The highest BCUT2D eigenvalue weighted by Gasteiger charge is 2.34. The fourth-order valence-electron chi connectivity index (χ4n) is 6.66. The summed E-state index contributed by atoms with van der Waals surface area (Å²) in [7, 11) is -1.51. The van der Waals surface area contributed by atoms with Crippen molar-refractivity contribution in [2.24, 2.45) is 0 Å². The summed E-state index contributed by atoms with van der Waals surface area (Å²) in [5, 5.41) is 3.40. The molecular formula is C31H45FN6O4S. The lowest BCUT2D eigenvalue weighted by molar-refractivity contribution is 0.0520. The van der Waals surface area contributed by atoms with E-state index >= 15 is 0 Å². The zero-order valence-corrected chi connectivity index (χ0v) is 26.8. The fraction of sp³-hybridized carbons (Fsp3) is 0.645. The van der Waals surface area contributed by atoms with Gasteiger partial charge in [-0.3, -0.25) is 4.79 Å². The molecule has 5 rings (SSSR count). The normalized spacial score (nSPS) is 22.8. The zero-order chi connectivity index (χ0) is 30.9. The number of piperidine rings is 2. The number of carbonyl (C=O) groups is 1. The number of anilines is 1. The average Bonchev–Trinajstić information content (AvgIpc) is 3.47. The van der Waals surface area contributed by atoms with Crippen LogP contribution in [0.3, 0.4) is 0 Å². The molecule has 4 heterocycles. The maximum Gasteiger partial charge on any atom is 0.272 e. The fourth-order valence-corrected chi connectivity index (χ4v) is 7.41. The van der Waals surface area contributed by atoms with Crippen LogP contribution in [0.4, 0.5) is 10.2 Å². The van der Waals surface area contributed by atoms with Gasteiger partial charge in [-0.2, -0.15) is 0 Å². The molecule has 1 N–H and O–H groups in total. The Hall–Kier alpha value is -2.67. The number of rotatable bonds is 8. The Morgan fingerprint density at radius 1 is 1.05 bits per heavy atom. The molecule has 43 heavy (non-hydrogen) atoms. The topological polar surface area (TPSA) is 108 Å². The molecule has 236 valence electrons. The number of aryl methyl sites for hydroxylation is 2. The van der Waals surface area contributed by atoms with Gasteiger partial charge in [0.1, 0.15) is 23.2 Å². The van der Waals surface area contributed by atoms with Crippen molar-refractivity contribution in [1.29, 1.82) is 0 Å². The van der Waals surface area contributed by atoms with Gasteiger partial charge in [0.25, 0.3) is 5.91 Å². The van der Waals surface area contributed by atoms with Gasteiger partial charge in [0.05, 0.1) is 18.5 Å². The lowest BCUT2D eigenvalue weighted by atomic mass is 9.97. The molecule has 0 saturated carbocycles. The molecule has 3 aliphatic heterocycles. The molecule has 10 nitrogen and oxygen atoms in total. The van der Waals surface area contributed by atoms with Gasteiger partial charge in [-0.1, -0.05) is 12.1 Å². The molecule has 12 heteroatoms. The summed E-state index contributed by atoms with van der Waals surface area (Å²) in [6, 6.07) is 5.61. The Bertz CT molecular complexity index is 1420. The minimum absolute atomic E-state index is 0.0138. The SMILES string of the molecule is Cc1nc(NC[C@H]2CC[C@H](c3ccc(F)c(C)c3)O2)c(C)c(C(=O)N2CCC(N3CCC(N(C)S(C)(=O)=O)CC3)CC2)n1. The minimum atomic E-state index is -3.18. The lowest BCUT2D eigenvalue weighted by Gasteiger charge is -2.43. The van der Waals surface area contributed by atoms with Gasteiger partial charge in [0.2, 0.25) is 10.0 Å². The third-order valence-electron chi connectivity index (χ3n) is 9.42. The number of nitrogens with one attached hydrogen (secondary N) is 1. The molecule has 0 aliphatic carbocycles. The zero-order valence-electron chi connectivity index (χ0n) is 26.0. The van der Waals surface area contributed by atoms with Gasteiger partial charge in [-0.25, -0.2) is 27.1 Å². The van der Waals surface area contributed by atoms with Gasteiger partial charge >= 0.3 is 0 Å². The van der Waals surface area contributed by atoms with E-state index in [2.05, 4.69) is 20.2 Å². The van der Waals surface area contributed by atoms with Crippen molar-refractivity contribution in [3.8, 4) is 0 Å². The first kappa shape index (κ1) is 31.7. The minimum Gasteiger partial charge on any atom is -0.368 e. The van der Waals surface area contributed by atoms with E-state index in [1.54, 1.807) is 27.0 Å². The molecule has 3 aliphatic rings. The van der Waals surface area contributed by atoms with Crippen LogP contribution < -0.4 is 5.32 Å². The third-order valence-corrected chi connectivity index (χ3v) is 10.8. The Kier molecular flexibility index (Phi) is 9.70. The second-order valence-corrected chi connectivity index (χ2v) is 14.4. The van der Waals surface area contributed by atoms with Crippen molar-refractivity contribution in [1.82, 2.24) is 24.1 Å². The molecule has 3 saturated heterocycles. The molecule has 0 radical (unpaired) electrons. The van der Waals surface area contributed by atoms with Crippen molar-refractivity contribution < 1.29 is 22.3 Å². The predicted octanol–water partition coefficient (Wildman–Crippen LogP) is 3.83. The number of benzene rings is 1. The van der Waals surface area contributed by atoms with Crippen LogP contribution in [0.25, 0.3) is 0 Å². The van der Waals surface area contributed by atoms with E-state index < -0.39 is 10.0 Å². The van der Waals surface area contributed by atoms with Crippen molar-refractivity contribution in [2.45, 2.75) is 83.6 Å². The van der Waals surface area contributed by atoms with Gasteiger partial charge in [0, 0.05) is 44.3 Å². The van der Waals surface area contributed by atoms with E-state index in [1.165, 1.54) is 16.6 Å². The quantitative estimate of drug-likeness (QED) is 0.477. The lowest BCUT2D eigenvalue weighted by Crippen LogP contribution is -2.52. The standard InChI is InChI=1S/C31H45FN6O4S/c1-20-18-23(6-8-27(20)32)28-9-7-26(42-28)19-33-30-21(2)29(34-22(3)35-30)31(39)38-16-12-25(13-17-38)37-14-10-24(11-15-37)36(4)43(5,40)41/h6,8,18,24-26,28H,7,9-17,19H2,1-5H3,(H,33,34,35)/t26-,28-/m1/s1. The highest BCUT2D eigenvalue weighted by molar-refractivity contribution is 7.88. The highest BCUT2D eigenvalue weighted by Crippen LogP contribution is 2.34. The van der Waals surface area contributed by atoms with Crippen LogP contribution in [0.1, 0.15) is 77.6 Å². The summed E-state index contributed by atoms with van der Waals surface area (Å²) in [6.45, 7) is 9.09. The van der Waals surface area contributed by atoms with Crippen molar-refractivity contribution >= 4 is 21.7 Å². The van der Waals surface area contributed by atoms with Crippen LogP contribution in [0.2, 0.25) is 0 Å². The summed E-state index contributed by atoms with van der Waals surface area (Å²) in [5.74, 6) is 0.917. The van der Waals surface area contributed by atoms with E-state index in [1.807, 2.05) is 17.9 Å².